The average molecular weight is 2200 g/mol. The molecule has 5 aromatic carbocycles. The van der Waals surface area contributed by atoms with Crippen LogP contribution in [0.2, 0.25) is 10.0 Å². The number of thioether (sulfide) groups is 6. The summed E-state index contributed by atoms with van der Waals surface area (Å²) in [5.74, 6) is -4.64. The van der Waals surface area contributed by atoms with E-state index in [4.69, 9.17) is 92.9 Å². The average Bonchev–Trinajstić information content (AvgIpc) is 1.63. The highest BCUT2D eigenvalue weighted by molar-refractivity contribution is 8.05. The van der Waals surface area contributed by atoms with Gasteiger partial charge >= 0.3 is 35.8 Å². The van der Waals surface area contributed by atoms with Crippen LogP contribution in [0.15, 0.2) is 174 Å². The van der Waals surface area contributed by atoms with Gasteiger partial charge in [0.15, 0.2) is 5.76 Å². The van der Waals surface area contributed by atoms with Gasteiger partial charge in [-0.2, -0.15) is 36.8 Å². The summed E-state index contributed by atoms with van der Waals surface area (Å²) in [6, 6.07) is 39.2. The first-order valence-electron chi connectivity index (χ1n) is 42.2. The molecule has 6 amide bonds. The van der Waals surface area contributed by atoms with E-state index in [1.54, 1.807) is 162 Å². The molecule has 0 bridgehead atoms. The SMILES string of the molecule is CCOC(=O)c1sc(NC(=O)Cc2ccc(C)cc2)c(SC#N)c1C.CCOC(=O)c1sc(NC(=O)c2ccc(C#N)cc2)c(SC#N)c1C.CCOC(=O)c1sc(NC(=O)c2ccc(Cl)cc2)c(SC#N)c1C.CCOC(=O)c1sc(NC(=O)c2cccc(Cl)c2)c(SC#N)c1C.CCOC(=O)c1sc(NC(=O)c2ccccc2C)c(SC#N)c1C.CCOC(=O)c1sc(NC(=O)c2ccco2)c(SC#N)c1C. The van der Waals surface area contributed by atoms with Crippen LogP contribution in [0.5, 0.6) is 0 Å². The molecule has 32 nitrogen and oxygen atoms in total. The third-order valence-electron chi connectivity index (χ3n) is 18.7. The summed E-state index contributed by atoms with van der Waals surface area (Å²) in [4.78, 5) is 152. The summed E-state index contributed by atoms with van der Waals surface area (Å²) in [6.45, 7) is 26.0. The lowest BCUT2D eigenvalue weighted by molar-refractivity contribution is -0.115. The van der Waals surface area contributed by atoms with Gasteiger partial charge in [-0.3, -0.25) is 28.8 Å². The summed E-state index contributed by atoms with van der Waals surface area (Å²) in [5.41, 5.74) is 8.82. The number of hydrogen-bond acceptors (Lipinski definition) is 38. The third-order valence-corrected chi connectivity index (χ3v) is 31.9. The molecule has 0 radical (unpaired) electrons. The molecule has 0 fully saturated rings. The largest absolute Gasteiger partial charge is 0.462 e. The number of carbonyl (C=O) groups excluding carboxylic acids is 12. The van der Waals surface area contributed by atoms with E-state index in [-0.39, 0.29) is 81.4 Å². The minimum Gasteiger partial charge on any atom is -0.462 e. The Morgan fingerprint density at radius 3 is 0.931 bits per heavy atom. The second kappa shape index (κ2) is 59.4. The summed E-state index contributed by atoms with van der Waals surface area (Å²) >= 11 is 23.7. The Bertz CT molecular complexity index is 7040. The molecule has 0 atom stereocenters. The Hall–Kier alpha value is -13.7. The first-order chi connectivity index (χ1) is 69.0. The minimum atomic E-state index is -0.483. The predicted molar refractivity (Wildman–Crippen MR) is 566 cm³/mol. The highest BCUT2D eigenvalue weighted by Crippen LogP contribution is 2.47. The number of amides is 6. The van der Waals surface area contributed by atoms with Crippen molar-refractivity contribution in [3.05, 3.63) is 263 Å². The predicted octanol–water partition coefficient (Wildman–Crippen LogP) is 25.7. The standard InChI is InChI=1S/C18H18N2O3S2.C17H13N3O3S2.C17H16N2O3S2.2C16H13ClN2O3S2.C14H12N2O4S2/c1-4-23-18(22)16-12(3)15(24-10-19)17(25-16)20-14(21)9-13-7-5-11(2)6-8-13;1-3-23-17(22)14-10(2)13(24-9-19)16(25-14)20-15(21)12-6-4-11(8-18)5-7-12;1-4-22-17(21)14-11(3)13(23-9-18)16(24-14)19-15(20)12-8-6-5-7-10(12)2;1-3-22-16(21)13-9(2)12(23-8-18)15(24-13)19-14(20)10-4-6-11(17)7-5-10;1-3-22-16(21)13-9(2)12(23-8-18)15(24-13)19-14(20)10-5-4-6-11(17)7-10;1-3-19-14(18)11-8(2)10(21-7-15)13(22-11)16-12(17)9-5-4-6-20-9/h5-8H,4,9H2,1-3H3,(H,20,21);4-7H,3H2,1-2H3,(H,20,21);5-8H,4H2,1-3H3,(H,19,20);2*4-7H,3H2,1-2H3,(H,19,20);4-6H,3H2,1-2H3,(H,16,17). The first kappa shape index (κ1) is 117. The molecular formula is C98H85Cl2N13O19S12. The maximum absolute atomic E-state index is 12.5. The Balaban J connectivity index is 0.000000234. The minimum absolute atomic E-state index is 0.150. The van der Waals surface area contributed by atoms with E-state index in [9.17, 15) is 57.5 Å². The molecule has 7 aromatic heterocycles. The van der Waals surface area contributed by atoms with Gasteiger partial charge in [-0.05, 0) is 297 Å². The van der Waals surface area contributed by atoms with Crippen molar-refractivity contribution < 1.29 is 90.4 Å². The summed E-state index contributed by atoms with van der Waals surface area (Å²) in [5, 5.41) is 94.7. The van der Waals surface area contributed by atoms with Crippen molar-refractivity contribution in [1.29, 1.82) is 36.8 Å². The van der Waals surface area contributed by atoms with Crippen molar-refractivity contribution in [2.75, 3.05) is 71.5 Å². The first-order valence-corrected chi connectivity index (χ1v) is 52.8. The van der Waals surface area contributed by atoms with Crippen LogP contribution in [-0.4, -0.2) is 111 Å². The van der Waals surface area contributed by atoms with Gasteiger partial charge in [-0.1, -0.05) is 77.3 Å². The van der Waals surface area contributed by atoms with Crippen LogP contribution in [0.1, 0.15) is 207 Å². The topological polar surface area (TPSA) is 512 Å². The quantitative estimate of drug-likeness (QED) is 0.0102. The third kappa shape index (κ3) is 33.2. The highest BCUT2D eigenvalue weighted by atomic mass is 35.5. The summed E-state index contributed by atoms with van der Waals surface area (Å²) in [7, 11) is 0. The van der Waals surface area contributed by atoms with Gasteiger partial charge in [0.25, 0.3) is 29.5 Å². The van der Waals surface area contributed by atoms with Crippen LogP contribution in [-0.2, 0) is 39.6 Å². The van der Waals surface area contributed by atoms with Gasteiger partial charge in [0, 0.05) is 32.3 Å². The van der Waals surface area contributed by atoms with Crippen molar-refractivity contribution >= 4 is 263 Å². The number of benzene rings is 5. The second-order valence-electron chi connectivity index (χ2n) is 28.2. The molecule has 12 rings (SSSR count). The van der Waals surface area contributed by atoms with E-state index in [2.05, 4.69) is 31.9 Å². The fraction of sp³-hybridized carbons (Fsp3) is 0.214. The Labute approximate surface area is 887 Å². The molecular weight excluding hydrogens is 2120 g/mol. The van der Waals surface area contributed by atoms with Gasteiger partial charge in [-0.25, -0.2) is 28.8 Å². The van der Waals surface area contributed by atoms with Gasteiger partial charge in [-0.15, -0.1) is 68.0 Å². The number of thiocyanates is 6. The van der Waals surface area contributed by atoms with E-state index in [1.807, 2.05) is 88.7 Å². The zero-order chi connectivity index (χ0) is 106. The Kier molecular flexibility index (Phi) is 48.4. The summed E-state index contributed by atoms with van der Waals surface area (Å²) in [6.07, 6.45) is 1.62. The van der Waals surface area contributed by atoms with Crippen LogP contribution in [0.4, 0.5) is 30.0 Å². The molecule has 144 heavy (non-hydrogen) atoms. The molecule has 0 aliphatic heterocycles. The number of halogens is 2. The van der Waals surface area contributed by atoms with E-state index in [0.29, 0.717) is 160 Å². The van der Waals surface area contributed by atoms with Crippen molar-refractivity contribution in [3.8, 4) is 38.5 Å². The van der Waals surface area contributed by atoms with Gasteiger partial charge in [0.2, 0.25) is 5.91 Å². The molecule has 6 N–H and O–H groups in total. The molecule has 46 heteroatoms. The van der Waals surface area contributed by atoms with Crippen LogP contribution < -0.4 is 31.9 Å². The number of carbonyl (C=O) groups is 12. The smallest absolute Gasteiger partial charge is 0.348 e. The second-order valence-corrected chi connectivity index (χ2v) is 40.0. The van der Waals surface area contributed by atoms with Crippen LogP contribution in [0.3, 0.4) is 0 Å². The van der Waals surface area contributed by atoms with Crippen LogP contribution in [0, 0.1) is 131 Å². The molecule has 0 saturated carbocycles. The number of esters is 6. The highest BCUT2D eigenvalue weighted by Gasteiger charge is 2.31. The van der Waals surface area contributed by atoms with Gasteiger partial charge < -0.3 is 64.7 Å². The molecule has 742 valence electrons. The molecule has 0 spiro atoms. The molecule has 0 unspecified atom stereocenters. The lowest BCUT2D eigenvalue weighted by Gasteiger charge is -2.07. The van der Waals surface area contributed by atoms with Crippen molar-refractivity contribution in [2.45, 2.75) is 133 Å². The molecule has 0 aliphatic rings. The Morgan fingerprint density at radius 2 is 0.632 bits per heavy atom. The molecule has 7 heterocycles. The van der Waals surface area contributed by atoms with E-state index in [1.165, 1.54) is 24.5 Å². The Morgan fingerprint density at radius 1 is 0.326 bits per heavy atom. The number of rotatable bonds is 31. The number of ether oxygens (including phenoxy) is 6. The normalized spacial score (nSPS) is 10.0. The lowest BCUT2D eigenvalue weighted by atomic mass is 10.1. The number of thiophene rings is 6. The maximum atomic E-state index is 12.5. The number of anilines is 6. The van der Waals surface area contributed by atoms with E-state index >= 15 is 0 Å². The van der Waals surface area contributed by atoms with Crippen LogP contribution >= 0.6 is 162 Å². The number of furan rings is 1. The monoisotopic (exact) mass is 2200 g/mol. The van der Waals surface area contributed by atoms with Crippen molar-refractivity contribution in [1.82, 2.24) is 0 Å². The molecule has 0 saturated heterocycles. The zero-order valence-corrected chi connectivity index (χ0v) is 90.1. The number of hydrogen-bond donors (Lipinski definition) is 6. The van der Waals surface area contributed by atoms with Gasteiger partial charge in [0.05, 0.1) is 93.3 Å². The van der Waals surface area contributed by atoms with E-state index < -0.39 is 41.7 Å². The number of nitrogens with zero attached hydrogens (tertiary/aromatic N) is 7. The van der Waals surface area contributed by atoms with Crippen molar-refractivity contribution in [3.63, 3.8) is 0 Å². The lowest BCUT2D eigenvalue weighted by Crippen LogP contribution is -2.14. The molecule has 12 aromatic rings. The fourth-order valence-corrected chi connectivity index (χ4v) is 23.0. The zero-order valence-electron chi connectivity index (χ0n) is 78.8. The number of nitriles is 7. The van der Waals surface area contributed by atoms with Crippen LogP contribution in [0.25, 0.3) is 0 Å². The van der Waals surface area contributed by atoms with Gasteiger partial charge in [0.1, 0.15) is 91.7 Å². The fourth-order valence-electron chi connectivity index (χ4n) is 11.9. The number of nitrogens with one attached hydrogen (secondary N) is 6. The van der Waals surface area contributed by atoms with Crippen molar-refractivity contribution in [2.24, 2.45) is 0 Å². The molecule has 0 aliphatic carbocycles. The maximum Gasteiger partial charge on any atom is 0.348 e. The van der Waals surface area contributed by atoms with E-state index in [0.717, 1.165) is 155 Å². The number of aryl methyl sites for hydroxylation is 2. The summed E-state index contributed by atoms with van der Waals surface area (Å²) < 4.78 is 35.1.